The molecule has 0 radical (unpaired) electrons. The molecule has 0 saturated carbocycles. The maximum atomic E-state index is 11.2. The van der Waals surface area contributed by atoms with Gasteiger partial charge in [0.1, 0.15) is 0 Å². The molecule has 1 aromatic rings. The van der Waals surface area contributed by atoms with Crippen LogP contribution in [0.15, 0.2) is 29.8 Å². The van der Waals surface area contributed by atoms with E-state index in [-0.39, 0.29) is 77.1 Å². The molecule has 1 aromatic carbocycles. The molecule has 1 aliphatic rings. The minimum atomic E-state index is -1.07. The van der Waals surface area contributed by atoms with Gasteiger partial charge in [0.15, 0.2) is 0 Å². The van der Waals surface area contributed by atoms with Crippen molar-refractivity contribution in [1.82, 2.24) is 0 Å². The van der Waals surface area contributed by atoms with Crippen LogP contribution < -0.4 is 64.2 Å². The quantitative estimate of drug-likeness (QED) is 0.318. The third-order valence-corrected chi connectivity index (χ3v) is 3.12. The van der Waals surface area contributed by atoms with E-state index in [1.807, 2.05) is 26.0 Å². The van der Waals surface area contributed by atoms with Crippen LogP contribution in [-0.2, 0) is 27.2 Å². The Kier molecular flexibility index (Phi) is 13.4. The molecule has 0 aliphatic heterocycles. The van der Waals surface area contributed by atoms with Crippen LogP contribution in [0.3, 0.4) is 0 Å². The van der Waals surface area contributed by atoms with Crippen molar-refractivity contribution in [3.8, 4) is 0 Å². The van der Waals surface area contributed by atoms with Gasteiger partial charge in [0, 0.05) is 0 Å². The number of rotatable bonds is 3. The summed E-state index contributed by atoms with van der Waals surface area (Å²) in [4.78, 5) is 27.4. The predicted molar refractivity (Wildman–Crippen MR) is 68.9 cm³/mol. The predicted octanol–water partition coefficient (Wildman–Crippen LogP) is -5.04. The average molecular weight is 318 g/mol. The monoisotopic (exact) mass is 318 g/mol. The van der Waals surface area contributed by atoms with Crippen molar-refractivity contribution >= 4 is 12.1 Å². The summed E-state index contributed by atoms with van der Waals surface area (Å²) >= 11 is 0. The zero-order chi connectivity index (χ0) is 15.1. The Bertz CT molecular complexity index is 522. The Morgan fingerprint density at radius 3 is 1.91 bits per heavy atom. The molecule has 0 spiro atoms. The van der Waals surface area contributed by atoms with E-state index in [1.54, 1.807) is 0 Å². The number of aliphatic carboxylic acids is 1. The molecule has 2 rings (SSSR count). The Hall–Kier alpha value is -0.190. The second-order valence-corrected chi connectivity index (χ2v) is 4.96. The first-order valence-electron chi connectivity index (χ1n) is 6.40. The van der Waals surface area contributed by atoms with Gasteiger partial charge in [-0.25, -0.2) is 0 Å². The van der Waals surface area contributed by atoms with E-state index in [2.05, 4.69) is 18.2 Å². The van der Waals surface area contributed by atoms with Crippen LogP contribution in [0, 0.1) is 17.9 Å². The van der Waals surface area contributed by atoms with Crippen LogP contribution in [0.1, 0.15) is 25.0 Å². The number of allylic oxidation sites excluding steroid dienone is 1. The molecule has 0 atom stereocenters. The van der Waals surface area contributed by atoms with Crippen molar-refractivity contribution < 1.29 is 78.6 Å². The topological polar surface area (TPSA) is 74.3 Å². The molecule has 0 saturated heterocycles. The minimum absolute atomic E-state index is 0. The molecule has 4 nitrogen and oxygen atoms in total. The number of carbonyl (C=O) groups excluding carboxylic acids is 3. The molecule has 1 aliphatic carbocycles. The maximum Gasteiger partial charge on any atom is 1.00 e. The molecule has 0 heterocycles. The van der Waals surface area contributed by atoms with E-state index in [0.29, 0.717) is 5.57 Å². The summed E-state index contributed by atoms with van der Waals surface area (Å²) in [5.41, 5.74) is 2.85. The van der Waals surface area contributed by atoms with Crippen molar-refractivity contribution in [2.45, 2.75) is 26.7 Å². The zero-order valence-electron chi connectivity index (χ0n) is 13.5. The van der Waals surface area contributed by atoms with Crippen LogP contribution in [0.4, 0.5) is 0 Å². The largest absolute Gasteiger partial charge is 1.00 e. The van der Waals surface area contributed by atoms with Crippen molar-refractivity contribution in [1.29, 1.82) is 0 Å². The fourth-order valence-electron chi connectivity index (χ4n) is 2.42. The van der Waals surface area contributed by atoms with Crippen LogP contribution in [-0.4, -0.2) is 12.1 Å². The summed E-state index contributed by atoms with van der Waals surface area (Å²) in [6.07, 6.45) is 4.84. The van der Waals surface area contributed by atoms with Gasteiger partial charge >= 0.3 is 65.3 Å². The van der Waals surface area contributed by atoms with E-state index < -0.39 is 5.97 Å². The standard InChI is InChI=1S/C15H17O2.CO2.2Na/c1-10(2)7-14(15(16)17)13-8-11-5-3-4-6-12(11)9-13;2-1-3;;/h3-6,10,13H,8-9H2,1-2H3,(H,16,17);;;/q-1;;2*+1/p-1. The number of benzene rings is 1. The van der Waals surface area contributed by atoms with Crippen molar-refractivity contribution in [2.75, 3.05) is 0 Å². The minimum Gasteiger partial charge on any atom is -0.658 e. The second kappa shape index (κ2) is 12.3. The van der Waals surface area contributed by atoms with E-state index in [0.717, 1.165) is 12.8 Å². The number of carboxylic acid groups (broad SMARTS) is 1. The Morgan fingerprint density at radius 1 is 1.18 bits per heavy atom. The molecule has 22 heavy (non-hydrogen) atoms. The fraction of sp³-hybridized carbons (Fsp3) is 0.375. The van der Waals surface area contributed by atoms with Gasteiger partial charge in [-0.15, -0.1) is 11.9 Å². The van der Waals surface area contributed by atoms with Crippen molar-refractivity contribution in [3.05, 3.63) is 47.0 Å². The SMILES string of the molecule is CC(C)[C-]=C(C(=O)[O-])C1Cc2ccccc2C1.O=C=O.[Na+].[Na+]. The van der Waals surface area contributed by atoms with Crippen LogP contribution in [0.5, 0.6) is 0 Å². The molecular formula is C16H16Na2O4. The number of carbonyl (C=O) groups is 1. The molecule has 106 valence electrons. The zero-order valence-corrected chi connectivity index (χ0v) is 17.5. The van der Waals surface area contributed by atoms with E-state index in [9.17, 15) is 9.90 Å². The van der Waals surface area contributed by atoms with Gasteiger partial charge in [0.2, 0.25) is 0 Å². The molecule has 0 unspecified atom stereocenters. The fourth-order valence-corrected chi connectivity index (χ4v) is 2.42. The van der Waals surface area contributed by atoms with Crippen molar-refractivity contribution in [2.24, 2.45) is 11.8 Å². The van der Waals surface area contributed by atoms with Gasteiger partial charge < -0.3 is 9.90 Å². The number of fused-ring (bicyclic) bond motifs is 1. The summed E-state index contributed by atoms with van der Waals surface area (Å²) in [5.74, 6) is -0.928. The van der Waals surface area contributed by atoms with E-state index >= 15 is 0 Å². The third kappa shape index (κ3) is 7.38. The average Bonchev–Trinajstić information content (AvgIpc) is 2.79. The smallest absolute Gasteiger partial charge is 0.658 e. The van der Waals surface area contributed by atoms with Gasteiger partial charge in [-0.1, -0.05) is 38.1 Å². The van der Waals surface area contributed by atoms with Crippen molar-refractivity contribution in [3.63, 3.8) is 0 Å². The number of carboxylic acids is 1. The first kappa shape index (κ1) is 24.1. The summed E-state index contributed by atoms with van der Waals surface area (Å²) in [5, 5.41) is 11.2. The van der Waals surface area contributed by atoms with Gasteiger partial charge in [-0.2, -0.15) is 15.2 Å². The third-order valence-electron chi connectivity index (χ3n) is 3.12. The molecule has 0 amide bonds. The first-order chi connectivity index (χ1) is 9.49. The normalized spacial score (nSPS) is 13.0. The molecular weight excluding hydrogens is 302 g/mol. The second-order valence-electron chi connectivity index (χ2n) is 4.96. The maximum absolute atomic E-state index is 11.2. The van der Waals surface area contributed by atoms with Crippen LogP contribution in [0.25, 0.3) is 0 Å². The molecule has 6 heteroatoms. The van der Waals surface area contributed by atoms with Gasteiger partial charge in [0.25, 0.3) is 0 Å². The Balaban J connectivity index is 0. The Labute approximate surface area is 174 Å². The van der Waals surface area contributed by atoms with Gasteiger partial charge in [0.05, 0.1) is 0 Å². The Morgan fingerprint density at radius 2 is 1.59 bits per heavy atom. The van der Waals surface area contributed by atoms with Gasteiger partial charge in [-0.3, -0.25) is 6.08 Å². The van der Waals surface area contributed by atoms with Gasteiger partial charge in [-0.05, 0) is 29.9 Å². The molecule has 0 aromatic heterocycles. The first-order valence-corrected chi connectivity index (χ1v) is 6.40. The summed E-state index contributed by atoms with van der Waals surface area (Å²) in [6, 6.07) is 8.13. The molecule has 0 fully saturated rings. The summed E-state index contributed by atoms with van der Waals surface area (Å²) < 4.78 is 0. The van der Waals surface area contributed by atoms with Crippen LogP contribution in [0.2, 0.25) is 0 Å². The van der Waals surface area contributed by atoms with E-state index in [4.69, 9.17) is 9.59 Å². The molecule has 0 bridgehead atoms. The van der Waals surface area contributed by atoms with Crippen LogP contribution >= 0.6 is 0 Å². The number of hydrogen-bond donors (Lipinski definition) is 0. The summed E-state index contributed by atoms with van der Waals surface area (Å²) in [6.45, 7) is 3.87. The molecule has 0 N–H and O–H groups in total. The number of hydrogen-bond acceptors (Lipinski definition) is 4. The van der Waals surface area contributed by atoms with E-state index in [1.165, 1.54) is 11.1 Å². The summed E-state index contributed by atoms with van der Waals surface area (Å²) in [7, 11) is 0.